The molecular formula is C19H19NO5S. The fraction of sp³-hybridized carbons (Fsp3) is 0.263. The molecule has 0 saturated carbocycles. The van der Waals surface area contributed by atoms with Gasteiger partial charge in [-0.2, -0.15) is 0 Å². The zero-order valence-electron chi connectivity index (χ0n) is 14.3. The summed E-state index contributed by atoms with van der Waals surface area (Å²) in [6.45, 7) is 0.545. The van der Waals surface area contributed by atoms with Gasteiger partial charge in [0.15, 0.2) is 9.84 Å². The lowest BCUT2D eigenvalue weighted by Crippen LogP contribution is -2.32. The molecule has 7 heteroatoms. The van der Waals surface area contributed by atoms with Gasteiger partial charge in [-0.3, -0.25) is 4.79 Å². The van der Waals surface area contributed by atoms with Crippen LogP contribution in [-0.4, -0.2) is 50.6 Å². The van der Waals surface area contributed by atoms with Crippen molar-refractivity contribution in [3.63, 3.8) is 0 Å². The van der Waals surface area contributed by atoms with Gasteiger partial charge in [0, 0.05) is 18.7 Å². The molecule has 6 nitrogen and oxygen atoms in total. The largest absolute Gasteiger partial charge is 0.465 e. The Kier molecular flexibility index (Phi) is 5.08. The van der Waals surface area contributed by atoms with E-state index in [0.717, 1.165) is 0 Å². The molecule has 136 valence electrons. The van der Waals surface area contributed by atoms with Gasteiger partial charge in [0.05, 0.1) is 22.8 Å². The maximum Gasteiger partial charge on any atom is 0.337 e. The van der Waals surface area contributed by atoms with Crippen LogP contribution >= 0.6 is 0 Å². The molecule has 1 saturated heterocycles. The van der Waals surface area contributed by atoms with Crippen molar-refractivity contribution in [1.82, 2.24) is 4.90 Å². The van der Waals surface area contributed by atoms with Crippen LogP contribution in [0.2, 0.25) is 0 Å². The zero-order valence-corrected chi connectivity index (χ0v) is 15.1. The van der Waals surface area contributed by atoms with Crippen LogP contribution in [0.4, 0.5) is 0 Å². The summed E-state index contributed by atoms with van der Waals surface area (Å²) in [5.41, 5.74) is 0.769. The predicted octanol–water partition coefficient (Wildman–Crippen LogP) is 2.16. The number of ether oxygens (including phenoxy) is 1. The van der Waals surface area contributed by atoms with E-state index in [2.05, 4.69) is 4.74 Å². The normalized spacial score (nSPS) is 17.1. The van der Waals surface area contributed by atoms with Crippen molar-refractivity contribution < 1.29 is 22.7 Å². The number of carbonyl (C=O) groups excluding carboxylic acids is 2. The number of nitrogens with zero attached hydrogens (tertiary/aromatic N) is 1. The van der Waals surface area contributed by atoms with E-state index < -0.39 is 21.1 Å². The van der Waals surface area contributed by atoms with Gasteiger partial charge in [0.2, 0.25) is 0 Å². The van der Waals surface area contributed by atoms with Crippen LogP contribution in [0, 0.1) is 0 Å². The standard InChI is InChI=1S/C19H19NO5S/c1-25-19(22)15-9-7-14(8-10-15)18(21)20-12-11-17(13-20)26(23,24)16-5-3-2-4-6-16/h2-10,17H,11-13H2,1H3/t17-/m0/s1. The van der Waals surface area contributed by atoms with Crippen LogP contribution in [0.3, 0.4) is 0 Å². The molecule has 0 aliphatic carbocycles. The number of hydrogen-bond donors (Lipinski definition) is 0. The minimum atomic E-state index is -3.46. The van der Waals surface area contributed by atoms with E-state index in [1.165, 1.54) is 24.1 Å². The number of hydrogen-bond acceptors (Lipinski definition) is 5. The molecule has 2 aromatic rings. The summed E-state index contributed by atoms with van der Waals surface area (Å²) in [6.07, 6.45) is 0.406. The number of carbonyl (C=O) groups is 2. The molecule has 0 radical (unpaired) electrons. The van der Waals surface area contributed by atoms with E-state index in [4.69, 9.17) is 0 Å². The highest BCUT2D eigenvalue weighted by Gasteiger charge is 2.36. The SMILES string of the molecule is COC(=O)c1ccc(C(=O)N2CC[C@H](S(=O)(=O)c3ccccc3)C2)cc1. The van der Waals surface area contributed by atoms with Gasteiger partial charge in [-0.15, -0.1) is 0 Å². The number of methoxy groups -OCH3 is 1. The van der Waals surface area contributed by atoms with Crippen molar-refractivity contribution in [2.45, 2.75) is 16.6 Å². The molecule has 1 heterocycles. The molecular weight excluding hydrogens is 354 g/mol. The molecule has 0 N–H and O–H groups in total. The first kappa shape index (κ1) is 18.1. The second-order valence-electron chi connectivity index (χ2n) is 6.09. The Labute approximate surface area is 152 Å². The summed E-state index contributed by atoms with van der Waals surface area (Å²) >= 11 is 0. The number of esters is 1. The van der Waals surface area contributed by atoms with Gasteiger partial charge in [-0.1, -0.05) is 18.2 Å². The highest BCUT2D eigenvalue weighted by atomic mass is 32.2. The van der Waals surface area contributed by atoms with Crippen LogP contribution in [0.15, 0.2) is 59.5 Å². The molecule has 26 heavy (non-hydrogen) atoms. The first-order chi connectivity index (χ1) is 12.4. The average molecular weight is 373 g/mol. The summed E-state index contributed by atoms with van der Waals surface area (Å²) < 4.78 is 30.0. The van der Waals surface area contributed by atoms with E-state index in [0.29, 0.717) is 24.1 Å². The lowest BCUT2D eigenvalue weighted by atomic mass is 10.1. The highest BCUT2D eigenvalue weighted by Crippen LogP contribution is 2.25. The summed E-state index contributed by atoms with van der Waals surface area (Å²) in [4.78, 5) is 25.9. The van der Waals surface area contributed by atoms with Crippen molar-refractivity contribution in [1.29, 1.82) is 0 Å². The molecule has 0 unspecified atom stereocenters. The molecule has 0 bridgehead atoms. The number of sulfone groups is 1. The van der Waals surface area contributed by atoms with E-state index in [-0.39, 0.29) is 17.3 Å². The maximum atomic E-state index is 12.7. The van der Waals surface area contributed by atoms with Crippen LogP contribution in [0.5, 0.6) is 0 Å². The van der Waals surface area contributed by atoms with E-state index in [1.807, 2.05) is 0 Å². The molecule has 1 fully saturated rings. The Morgan fingerprint density at radius 3 is 2.23 bits per heavy atom. The van der Waals surface area contributed by atoms with Crippen molar-refractivity contribution >= 4 is 21.7 Å². The zero-order chi connectivity index (χ0) is 18.7. The minimum absolute atomic E-state index is 0.162. The summed E-state index contributed by atoms with van der Waals surface area (Å²) in [7, 11) is -2.17. The number of benzene rings is 2. The smallest absolute Gasteiger partial charge is 0.337 e. The molecule has 0 aromatic heterocycles. The summed E-state index contributed by atoms with van der Waals surface area (Å²) in [5.74, 6) is -0.716. The van der Waals surface area contributed by atoms with E-state index >= 15 is 0 Å². The Bertz CT molecular complexity index is 907. The Morgan fingerprint density at radius 1 is 1.00 bits per heavy atom. The predicted molar refractivity (Wildman–Crippen MR) is 95.7 cm³/mol. The van der Waals surface area contributed by atoms with Crippen molar-refractivity contribution in [3.05, 3.63) is 65.7 Å². The summed E-state index contributed by atoms with van der Waals surface area (Å²) in [6, 6.07) is 14.4. The second kappa shape index (κ2) is 7.29. The third-order valence-electron chi connectivity index (χ3n) is 4.50. The third-order valence-corrected chi connectivity index (χ3v) is 6.69. The fourth-order valence-corrected chi connectivity index (χ4v) is 4.73. The van der Waals surface area contributed by atoms with Crippen molar-refractivity contribution in [2.75, 3.05) is 20.2 Å². The Balaban J connectivity index is 1.72. The quantitative estimate of drug-likeness (QED) is 0.767. The van der Waals surface area contributed by atoms with Gasteiger partial charge in [-0.25, -0.2) is 13.2 Å². The number of amides is 1. The van der Waals surface area contributed by atoms with Gasteiger partial charge in [0.25, 0.3) is 5.91 Å². The molecule has 1 aliphatic heterocycles. The van der Waals surface area contributed by atoms with Gasteiger partial charge in [-0.05, 0) is 42.8 Å². The van der Waals surface area contributed by atoms with Gasteiger partial charge >= 0.3 is 5.97 Å². The van der Waals surface area contributed by atoms with Gasteiger partial charge in [0.1, 0.15) is 0 Å². The first-order valence-corrected chi connectivity index (χ1v) is 9.74. The molecule has 2 aromatic carbocycles. The fourth-order valence-electron chi connectivity index (χ4n) is 3.02. The monoisotopic (exact) mass is 373 g/mol. The lowest BCUT2D eigenvalue weighted by Gasteiger charge is -2.17. The Hall–Kier alpha value is -2.67. The van der Waals surface area contributed by atoms with Crippen LogP contribution in [-0.2, 0) is 14.6 Å². The molecule has 1 aliphatic rings. The van der Waals surface area contributed by atoms with Crippen molar-refractivity contribution in [3.8, 4) is 0 Å². The van der Waals surface area contributed by atoms with E-state index in [9.17, 15) is 18.0 Å². The molecule has 1 atom stereocenters. The average Bonchev–Trinajstić information content (AvgIpc) is 3.18. The Morgan fingerprint density at radius 2 is 1.62 bits per heavy atom. The van der Waals surface area contributed by atoms with Crippen LogP contribution in [0.25, 0.3) is 0 Å². The van der Waals surface area contributed by atoms with Crippen molar-refractivity contribution in [2.24, 2.45) is 0 Å². The highest BCUT2D eigenvalue weighted by molar-refractivity contribution is 7.92. The molecule has 0 spiro atoms. The summed E-state index contributed by atoms with van der Waals surface area (Å²) in [5, 5.41) is -0.608. The van der Waals surface area contributed by atoms with Crippen LogP contribution < -0.4 is 0 Å². The van der Waals surface area contributed by atoms with Crippen LogP contribution in [0.1, 0.15) is 27.1 Å². The van der Waals surface area contributed by atoms with Gasteiger partial charge < -0.3 is 9.64 Å². The minimum Gasteiger partial charge on any atom is -0.465 e. The number of rotatable bonds is 4. The molecule has 3 rings (SSSR count). The molecule has 1 amide bonds. The second-order valence-corrected chi connectivity index (χ2v) is 8.32. The maximum absolute atomic E-state index is 12.7. The van der Waals surface area contributed by atoms with E-state index in [1.54, 1.807) is 42.5 Å². The number of likely N-dealkylation sites (tertiary alicyclic amines) is 1. The first-order valence-electron chi connectivity index (χ1n) is 8.20. The lowest BCUT2D eigenvalue weighted by molar-refractivity contribution is 0.0600. The topological polar surface area (TPSA) is 80.8 Å². The third kappa shape index (κ3) is 3.48.